The molecule has 1 unspecified atom stereocenters. The van der Waals surface area contributed by atoms with Crippen molar-refractivity contribution in [3.8, 4) is 22.8 Å². The lowest BCUT2D eigenvalue weighted by atomic mass is 9.87. The van der Waals surface area contributed by atoms with Crippen LogP contribution in [0.4, 0.5) is 0 Å². The van der Waals surface area contributed by atoms with Gasteiger partial charge < -0.3 is 25.2 Å². The first-order chi connectivity index (χ1) is 20.7. The summed E-state index contributed by atoms with van der Waals surface area (Å²) in [5, 5.41) is 19.0. The highest BCUT2D eigenvalue weighted by Crippen LogP contribution is 2.42. The van der Waals surface area contributed by atoms with Crippen molar-refractivity contribution < 1.29 is 29.0 Å². The minimum Gasteiger partial charge on any atom is -0.496 e. The molecule has 0 aliphatic heterocycles. The molecule has 0 spiro atoms. The number of methoxy groups -OCH3 is 1. The van der Waals surface area contributed by atoms with Crippen LogP contribution in [0.25, 0.3) is 11.3 Å². The Bertz CT molecular complexity index is 1400. The molecule has 2 aromatic carbocycles. The van der Waals surface area contributed by atoms with Crippen molar-refractivity contribution in [2.75, 3.05) is 13.7 Å². The van der Waals surface area contributed by atoms with E-state index in [0.717, 1.165) is 42.5 Å². The molecule has 1 heterocycles. The van der Waals surface area contributed by atoms with Crippen LogP contribution < -0.4 is 20.1 Å². The monoisotopic (exact) mass is 590 g/mol. The summed E-state index contributed by atoms with van der Waals surface area (Å²) in [6.07, 6.45) is 3.95. The standard InChI is InChI=1S/C33H42N4O6/c1-21(2)25(18-30(38)34-19-31(39)40)35-33(41)26-17-27(37(36-26)24-15-13-22(3)14-16-24)32-28(42-4)11-8-12-29(32)43-20-23-9-6-5-7-10-23/h5-12,17,21-22,24-25H,13-16,18-20H2,1-4H3,(H,34,38)(H,35,41)(H,39,40). The maximum absolute atomic E-state index is 13.6. The van der Waals surface area contributed by atoms with Gasteiger partial charge in [-0.2, -0.15) is 5.10 Å². The van der Waals surface area contributed by atoms with Crippen molar-refractivity contribution in [2.45, 2.75) is 71.6 Å². The molecule has 1 aliphatic rings. The molecular formula is C33H42N4O6. The molecule has 3 N–H and O–H groups in total. The Morgan fingerprint density at radius 3 is 2.37 bits per heavy atom. The van der Waals surface area contributed by atoms with E-state index in [2.05, 4.69) is 17.6 Å². The Balaban J connectivity index is 1.68. The predicted molar refractivity (Wildman–Crippen MR) is 163 cm³/mol. The van der Waals surface area contributed by atoms with Gasteiger partial charge in [0, 0.05) is 12.5 Å². The number of amides is 2. The number of nitrogens with one attached hydrogen (secondary N) is 2. The minimum absolute atomic E-state index is 0.0469. The fraction of sp³-hybridized carbons (Fsp3) is 0.455. The quantitative estimate of drug-likeness (QED) is 0.248. The van der Waals surface area contributed by atoms with Crippen molar-refractivity contribution in [1.82, 2.24) is 20.4 Å². The Labute approximate surface area is 252 Å². The van der Waals surface area contributed by atoms with E-state index in [4.69, 9.17) is 19.7 Å². The van der Waals surface area contributed by atoms with Crippen LogP contribution in [-0.2, 0) is 16.2 Å². The zero-order chi connectivity index (χ0) is 30.9. The zero-order valence-electron chi connectivity index (χ0n) is 25.3. The number of rotatable bonds is 13. The van der Waals surface area contributed by atoms with E-state index in [9.17, 15) is 14.4 Å². The van der Waals surface area contributed by atoms with Crippen LogP contribution in [0.2, 0.25) is 0 Å². The summed E-state index contributed by atoms with van der Waals surface area (Å²) in [5.41, 5.74) is 2.70. The van der Waals surface area contributed by atoms with E-state index in [0.29, 0.717) is 24.0 Å². The third kappa shape index (κ3) is 8.37. The highest BCUT2D eigenvalue weighted by atomic mass is 16.5. The maximum atomic E-state index is 13.6. The molecule has 230 valence electrons. The van der Waals surface area contributed by atoms with E-state index in [1.54, 1.807) is 13.2 Å². The van der Waals surface area contributed by atoms with Gasteiger partial charge in [-0.3, -0.25) is 19.1 Å². The van der Waals surface area contributed by atoms with Crippen LogP contribution in [0, 0.1) is 11.8 Å². The smallest absolute Gasteiger partial charge is 0.322 e. The first-order valence-corrected chi connectivity index (χ1v) is 14.9. The Morgan fingerprint density at radius 2 is 1.72 bits per heavy atom. The molecule has 3 aromatic rings. The highest BCUT2D eigenvalue weighted by molar-refractivity contribution is 5.94. The third-order valence-corrected chi connectivity index (χ3v) is 7.96. The van der Waals surface area contributed by atoms with Crippen molar-refractivity contribution in [1.29, 1.82) is 0 Å². The summed E-state index contributed by atoms with van der Waals surface area (Å²) >= 11 is 0. The van der Waals surface area contributed by atoms with Crippen molar-refractivity contribution >= 4 is 17.8 Å². The Kier molecular flexibility index (Phi) is 10.8. The number of benzene rings is 2. The number of aliphatic carboxylic acids is 1. The molecule has 1 atom stereocenters. The van der Waals surface area contributed by atoms with Crippen molar-refractivity contribution in [3.63, 3.8) is 0 Å². The van der Waals surface area contributed by atoms with Crippen LogP contribution in [0.3, 0.4) is 0 Å². The number of hydrogen-bond acceptors (Lipinski definition) is 6. The average Bonchev–Trinajstić information content (AvgIpc) is 3.44. The third-order valence-electron chi connectivity index (χ3n) is 7.96. The molecule has 0 radical (unpaired) electrons. The number of carboxylic acid groups (broad SMARTS) is 1. The second-order valence-corrected chi connectivity index (χ2v) is 11.6. The zero-order valence-corrected chi connectivity index (χ0v) is 25.3. The molecule has 10 nitrogen and oxygen atoms in total. The molecule has 2 amide bonds. The van der Waals surface area contributed by atoms with Gasteiger partial charge in [-0.1, -0.05) is 57.2 Å². The van der Waals surface area contributed by atoms with E-state index in [1.807, 2.05) is 67.1 Å². The van der Waals surface area contributed by atoms with Gasteiger partial charge in [0.2, 0.25) is 5.91 Å². The van der Waals surface area contributed by atoms with E-state index >= 15 is 0 Å². The highest BCUT2D eigenvalue weighted by Gasteiger charge is 2.29. The number of ether oxygens (including phenoxy) is 2. The summed E-state index contributed by atoms with van der Waals surface area (Å²) in [6, 6.07) is 16.9. The lowest BCUT2D eigenvalue weighted by Gasteiger charge is -2.28. The van der Waals surface area contributed by atoms with Gasteiger partial charge in [0.05, 0.1) is 24.4 Å². The van der Waals surface area contributed by atoms with E-state index in [1.165, 1.54) is 0 Å². The average molecular weight is 591 g/mol. The lowest BCUT2D eigenvalue weighted by molar-refractivity contribution is -0.138. The molecular weight excluding hydrogens is 548 g/mol. The number of hydrogen-bond donors (Lipinski definition) is 3. The number of carboxylic acids is 1. The largest absolute Gasteiger partial charge is 0.496 e. The number of carbonyl (C=O) groups excluding carboxylic acids is 2. The molecule has 43 heavy (non-hydrogen) atoms. The second-order valence-electron chi connectivity index (χ2n) is 11.6. The van der Waals surface area contributed by atoms with Gasteiger partial charge in [-0.05, 0) is 61.3 Å². The maximum Gasteiger partial charge on any atom is 0.322 e. The molecule has 1 aliphatic carbocycles. The summed E-state index contributed by atoms with van der Waals surface area (Å²) in [5.74, 6) is -0.194. The normalized spacial score (nSPS) is 17.2. The van der Waals surface area contributed by atoms with E-state index in [-0.39, 0.29) is 24.1 Å². The lowest BCUT2D eigenvalue weighted by Crippen LogP contribution is -2.43. The predicted octanol–water partition coefficient (Wildman–Crippen LogP) is 5.23. The van der Waals surface area contributed by atoms with Crippen LogP contribution in [-0.4, -0.2) is 52.4 Å². The molecule has 0 saturated heterocycles. The molecule has 1 saturated carbocycles. The first-order valence-electron chi connectivity index (χ1n) is 14.9. The summed E-state index contributed by atoms with van der Waals surface area (Å²) in [7, 11) is 1.61. The summed E-state index contributed by atoms with van der Waals surface area (Å²) in [6.45, 7) is 5.94. The van der Waals surface area contributed by atoms with Crippen LogP contribution in [0.5, 0.6) is 11.5 Å². The van der Waals surface area contributed by atoms with Gasteiger partial charge in [-0.25, -0.2) is 0 Å². The van der Waals surface area contributed by atoms with E-state index < -0.39 is 30.4 Å². The first kappa shape index (κ1) is 31.6. The van der Waals surface area contributed by atoms with Gasteiger partial charge in [-0.15, -0.1) is 0 Å². The fourth-order valence-corrected chi connectivity index (χ4v) is 5.39. The SMILES string of the molecule is COc1cccc(OCc2ccccc2)c1-c1cc(C(=O)NC(CC(=O)NCC(=O)O)C(C)C)nn1C1CCC(C)CC1. The van der Waals surface area contributed by atoms with Crippen LogP contribution >= 0.6 is 0 Å². The van der Waals surface area contributed by atoms with Gasteiger partial charge in [0.1, 0.15) is 24.7 Å². The topological polar surface area (TPSA) is 132 Å². The van der Waals surface area contributed by atoms with Crippen molar-refractivity contribution in [2.24, 2.45) is 11.8 Å². The van der Waals surface area contributed by atoms with Crippen LogP contribution in [0.1, 0.15) is 75.0 Å². The minimum atomic E-state index is -1.13. The number of aromatic nitrogens is 2. The second kappa shape index (κ2) is 14.7. The van der Waals surface area contributed by atoms with Gasteiger partial charge >= 0.3 is 5.97 Å². The van der Waals surface area contributed by atoms with Gasteiger partial charge in [0.15, 0.2) is 5.69 Å². The Hall–Kier alpha value is -4.34. The van der Waals surface area contributed by atoms with Gasteiger partial charge in [0.25, 0.3) is 5.91 Å². The molecule has 0 bridgehead atoms. The van der Waals surface area contributed by atoms with Crippen LogP contribution in [0.15, 0.2) is 54.6 Å². The summed E-state index contributed by atoms with van der Waals surface area (Å²) < 4.78 is 14.1. The van der Waals surface area contributed by atoms with Crippen molar-refractivity contribution in [3.05, 3.63) is 65.9 Å². The molecule has 4 rings (SSSR count). The fourth-order valence-electron chi connectivity index (χ4n) is 5.39. The Morgan fingerprint density at radius 1 is 1.02 bits per heavy atom. The summed E-state index contributed by atoms with van der Waals surface area (Å²) in [4.78, 5) is 36.8. The molecule has 1 fully saturated rings. The molecule has 10 heteroatoms. The number of nitrogens with zero attached hydrogens (tertiary/aromatic N) is 2. The number of carbonyl (C=O) groups is 3. The molecule has 1 aromatic heterocycles.